The lowest BCUT2D eigenvalue weighted by atomic mass is 10.0. The fourth-order valence-electron chi connectivity index (χ4n) is 3.93. The van der Waals surface area contributed by atoms with Crippen LogP contribution in [0.4, 0.5) is 10.5 Å². The molecular weight excluding hydrogens is 516 g/mol. The Morgan fingerprint density at radius 2 is 1.54 bits per heavy atom. The summed E-state index contributed by atoms with van der Waals surface area (Å²) >= 11 is 1.07. The Morgan fingerprint density at radius 3 is 2.18 bits per heavy atom. The summed E-state index contributed by atoms with van der Waals surface area (Å²) in [6, 6.07) is 27.8. The molecule has 5 aromatic rings. The van der Waals surface area contributed by atoms with E-state index in [1.807, 2.05) is 85.8 Å². The monoisotopic (exact) mass is 540 g/mol. The quantitative estimate of drug-likeness (QED) is 0.204. The highest BCUT2D eigenvalue weighted by atomic mass is 32.1. The molecule has 1 amide bonds. The van der Waals surface area contributed by atoms with E-state index in [0.29, 0.717) is 28.0 Å². The highest BCUT2D eigenvalue weighted by Crippen LogP contribution is 2.34. The average molecular weight is 541 g/mol. The maximum absolute atomic E-state index is 12.6. The van der Waals surface area contributed by atoms with Crippen LogP contribution < -0.4 is 10.1 Å². The number of hydrogen-bond acceptors (Lipinski definition) is 7. The molecule has 0 aliphatic heterocycles. The van der Waals surface area contributed by atoms with Crippen molar-refractivity contribution in [1.29, 1.82) is 0 Å². The number of aryl methyl sites for hydroxylation is 1. The molecule has 2 heterocycles. The number of nitrogens with one attached hydrogen (secondary N) is 1. The topological polar surface area (TPSA) is 111 Å². The van der Waals surface area contributed by atoms with E-state index in [2.05, 4.69) is 10.5 Å². The smallest absolute Gasteiger partial charge is 0.412 e. The molecule has 1 atom stereocenters. The van der Waals surface area contributed by atoms with Gasteiger partial charge in [0.25, 0.3) is 0 Å². The molecule has 0 fully saturated rings. The number of rotatable bonds is 8. The minimum absolute atomic E-state index is 0.223. The van der Waals surface area contributed by atoms with Gasteiger partial charge in [-0.25, -0.2) is 9.59 Å². The fraction of sp³-hybridized carbons (Fsp3) is 0.100. The van der Waals surface area contributed by atoms with Crippen molar-refractivity contribution in [1.82, 2.24) is 5.16 Å². The second kappa shape index (κ2) is 11.2. The average Bonchev–Trinajstić information content (AvgIpc) is 3.56. The first kappa shape index (κ1) is 25.7. The van der Waals surface area contributed by atoms with Crippen LogP contribution in [0.5, 0.6) is 10.8 Å². The van der Waals surface area contributed by atoms with Crippen molar-refractivity contribution in [2.45, 2.75) is 20.0 Å². The fourth-order valence-corrected chi connectivity index (χ4v) is 4.65. The van der Waals surface area contributed by atoms with E-state index < -0.39 is 18.2 Å². The van der Waals surface area contributed by atoms with Gasteiger partial charge in [-0.15, -0.1) is 0 Å². The first-order chi connectivity index (χ1) is 18.9. The van der Waals surface area contributed by atoms with Gasteiger partial charge in [0.1, 0.15) is 28.1 Å². The maximum atomic E-state index is 12.6. The van der Waals surface area contributed by atoms with E-state index in [0.717, 1.165) is 33.6 Å². The Labute approximate surface area is 228 Å². The van der Waals surface area contributed by atoms with Crippen LogP contribution in [-0.2, 0) is 4.74 Å². The molecule has 8 nitrogen and oxygen atoms in total. The maximum Gasteiger partial charge on any atom is 0.412 e. The molecule has 1 unspecified atom stereocenters. The predicted octanol–water partition coefficient (Wildman–Crippen LogP) is 8.18. The number of carbonyl (C=O) groups excluding carboxylic acids is 1. The highest BCUT2D eigenvalue weighted by molar-refractivity contribution is 7.15. The van der Waals surface area contributed by atoms with E-state index in [4.69, 9.17) is 19.1 Å². The van der Waals surface area contributed by atoms with Crippen molar-refractivity contribution in [3.63, 3.8) is 0 Å². The number of ether oxygens (including phenoxy) is 2. The summed E-state index contributed by atoms with van der Waals surface area (Å²) in [6.45, 7) is 3.56. The van der Waals surface area contributed by atoms with E-state index in [1.165, 1.54) is 6.07 Å². The third-order valence-electron chi connectivity index (χ3n) is 5.99. The lowest BCUT2D eigenvalue weighted by Crippen LogP contribution is -2.16. The van der Waals surface area contributed by atoms with Crippen molar-refractivity contribution in [3.8, 4) is 33.3 Å². The Morgan fingerprint density at radius 1 is 0.897 bits per heavy atom. The van der Waals surface area contributed by atoms with Crippen LogP contribution in [0.15, 0.2) is 95.5 Å². The van der Waals surface area contributed by atoms with Gasteiger partial charge in [0.2, 0.25) is 0 Å². The number of thiophene rings is 1. The number of carboxylic acids is 1. The minimum Gasteiger partial charge on any atom is -0.477 e. The van der Waals surface area contributed by atoms with Gasteiger partial charge in [-0.2, -0.15) is 0 Å². The van der Waals surface area contributed by atoms with Crippen molar-refractivity contribution < 1.29 is 28.7 Å². The zero-order chi connectivity index (χ0) is 27.4. The molecular formula is C30H24N2O6S. The molecule has 0 spiro atoms. The number of benzene rings is 3. The number of carboxylic acid groups (broad SMARTS) is 1. The number of aromatic nitrogens is 1. The van der Waals surface area contributed by atoms with Crippen molar-refractivity contribution >= 4 is 29.1 Å². The van der Waals surface area contributed by atoms with Gasteiger partial charge in [0.05, 0.1) is 0 Å². The van der Waals surface area contributed by atoms with Crippen LogP contribution in [0.1, 0.15) is 34.0 Å². The predicted molar refractivity (Wildman–Crippen MR) is 148 cm³/mol. The molecule has 0 saturated carbocycles. The molecule has 5 rings (SSSR count). The third kappa shape index (κ3) is 6.00. The molecule has 2 N–H and O–H groups in total. The van der Waals surface area contributed by atoms with E-state index in [9.17, 15) is 9.59 Å². The second-order valence-corrected chi connectivity index (χ2v) is 9.73. The first-order valence-corrected chi connectivity index (χ1v) is 12.9. The number of aromatic carboxylic acids is 1. The third-order valence-corrected chi connectivity index (χ3v) is 6.94. The zero-order valence-electron chi connectivity index (χ0n) is 21.1. The minimum atomic E-state index is -0.977. The molecule has 9 heteroatoms. The molecule has 39 heavy (non-hydrogen) atoms. The van der Waals surface area contributed by atoms with Gasteiger partial charge in [-0.1, -0.05) is 83.2 Å². The Balaban J connectivity index is 1.26. The molecule has 196 valence electrons. The summed E-state index contributed by atoms with van der Waals surface area (Å²) in [7, 11) is 0. The summed E-state index contributed by atoms with van der Waals surface area (Å²) < 4.78 is 16.8. The van der Waals surface area contributed by atoms with Crippen molar-refractivity contribution in [2.75, 3.05) is 5.32 Å². The standard InChI is InChI=1S/C30H24N2O6S/c1-18-27(31-30(35)36-19(2)20-6-4-3-5-7-20)28(38-32-18)23-10-8-21(9-11-23)22-12-14-24(15-13-22)37-26-17-16-25(39-26)29(33)34/h3-17,19H,1-2H3,(H,31,35)(H,33,34). The molecule has 0 bridgehead atoms. The van der Waals surface area contributed by atoms with Gasteiger partial charge in [0.15, 0.2) is 10.8 Å². The molecule has 0 aliphatic rings. The van der Waals surface area contributed by atoms with Crippen LogP contribution in [0, 0.1) is 6.92 Å². The van der Waals surface area contributed by atoms with Crippen LogP contribution in [-0.4, -0.2) is 22.3 Å². The highest BCUT2D eigenvalue weighted by Gasteiger charge is 2.20. The zero-order valence-corrected chi connectivity index (χ0v) is 21.9. The number of nitrogens with zero attached hydrogens (tertiary/aromatic N) is 1. The lowest BCUT2D eigenvalue weighted by Gasteiger charge is -2.14. The van der Waals surface area contributed by atoms with E-state index in [-0.39, 0.29) is 4.88 Å². The van der Waals surface area contributed by atoms with Gasteiger partial charge < -0.3 is 19.1 Å². The van der Waals surface area contributed by atoms with Crippen LogP contribution in [0.2, 0.25) is 0 Å². The normalized spacial score (nSPS) is 11.5. The Bertz CT molecular complexity index is 1590. The summed E-state index contributed by atoms with van der Waals surface area (Å²) in [4.78, 5) is 23.9. The second-order valence-electron chi connectivity index (χ2n) is 8.68. The Kier molecular flexibility index (Phi) is 7.42. The van der Waals surface area contributed by atoms with Crippen LogP contribution >= 0.6 is 11.3 Å². The SMILES string of the molecule is Cc1noc(-c2ccc(-c3ccc(Oc4ccc(C(=O)O)s4)cc3)cc2)c1NC(=O)OC(C)c1ccccc1. The largest absolute Gasteiger partial charge is 0.477 e. The number of carbonyl (C=O) groups is 2. The molecule has 0 saturated heterocycles. The van der Waals surface area contributed by atoms with Crippen molar-refractivity contribution in [3.05, 3.63) is 107 Å². The first-order valence-electron chi connectivity index (χ1n) is 12.1. The number of amides is 1. The van der Waals surface area contributed by atoms with Gasteiger partial charge in [0, 0.05) is 5.56 Å². The summed E-state index contributed by atoms with van der Waals surface area (Å²) in [5.74, 6) is 0.0638. The lowest BCUT2D eigenvalue weighted by molar-refractivity contribution is 0.0702. The summed E-state index contributed by atoms with van der Waals surface area (Å²) in [5, 5.41) is 16.4. The van der Waals surface area contributed by atoms with Crippen LogP contribution in [0.3, 0.4) is 0 Å². The molecule has 2 aromatic heterocycles. The molecule has 3 aromatic carbocycles. The number of hydrogen-bond donors (Lipinski definition) is 2. The van der Waals surface area contributed by atoms with Gasteiger partial charge in [-0.05, 0) is 54.8 Å². The van der Waals surface area contributed by atoms with Crippen molar-refractivity contribution in [2.24, 2.45) is 0 Å². The summed E-state index contributed by atoms with van der Waals surface area (Å²) in [5.41, 5.74) is 4.57. The van der Waals surface area contributed by atoms with Gasteiger partial charge in [-0.3, -0.25) is 5.32 Å². The Hall–Kier alpha value is -4.89. The summed E-state index contributed by atoms with van der Waals surface area (Å²) in [6.07, 6.45) is -1.02. The molecule has 0 aliphatic carbocycles. The van der Waals surface area contributed by atoms with Gasteiger partial charge >= 0.3 is 12.1 Å². The number of anilines is 1. The van der Waals surface area contributed by atoms with E-state index >= 15 is 0 Å². The van der Waals surface area contributed by atoms with E-state index in [1.54, 1.807) is 13.0 Å². The van der Waals surface area contributed by atoms with Crippen LogP contribution in [0.25, 0.3) is 22.5 Å². The molecule has 0 radical (unpaired) electrons.